The molecule has 3 rings (SSSR count). The van der Waals surface area contributed by atoms with E-state index in [1.807, 2.05) is 24.3 Å². The molecular formula is C19H22FN3O3S. The number of halogens is 1. The summed E-state index contributed by atoms with van der Waals surface area (Å²) in [5.41, 5.74) is 2.09. The first-order valence-corrected chi connectivity index (χ1v) is 9.99. The van der Waals surface area contributed by atoms with E-state index in [-0.39, 0.29) is 11.6 Å². The Morgan fingerprint density at radius 3 is 2.37 bits per heavy atom. The van der Waals surface area contributed by atoms with E-state index in [0.717, 1.165) is 14.2 Å². The number of fused-ring (bicyclic) bond motifs is 1. The summed E-state index contributed by atoms with van der Waals surface area (Å²) in [4.78, 5) is 14.5. The van der Waals surface area contributed by atoms with E-state index >= 15 is 0 Å². The number of hydrogen-bond donors (Lipinski definition) is 0. The molecule has 1 heterocycles. The summed E-state index contributed by atoms with van der Waals surface area (Å²) in [7, 11) is -1.33. The van der Waals surface area contributed by atoms with Crippen LogP contribution >= 0.6 is 0 Å². The van der Waals surface area contributed by atoms with Crippen molar-refractivity contribution < 1.29 is 17.6 Å². The second kappa shape index (κ2) is 7.66. The summed E-state index contributed by atoms with van der Waals surface area (Å²) in [6.45, 7) is 0.467. The molecule has 27 heavy (non-hydrogen) atoms. The first-order chi connectivity index (χ1) is 12.8. The molecule has 0 saturated carbocycles. The van der Waals surface area contributed by atoms with Crippen molar-refractivity contribution in [1.82, 2.24) is 9.21 Å². The molecule has 144 valence electrons. The Labute approximate surface area is 159 Å². The summed E-state index contributed by atoms with van der Waals surface area (Å²) in [6, 6.07) is 13.4. The first-order valence-electron chi connectivity index (χ1n) is 8.60. The molecule has 0 fully saturated rings. The van der Waals surface area contributed by atoms with Crippen LogP contribution in [0.4, 0.5) is 10.1 Å². The van der Waals surface area contributed by atoms with E-state index in [2.05, 4.69) is 0 Å². The van der Waals surface area contributed by atoms with Gasteiger partial charge in [0.05, 0.1) is 5.69 Å². The van der Waals surface area contributed by atoms with Crippen molar-refractivity contribution >= 4 is 21.8 Å². The largest absolute Gasteiger partial charge is 0.336 e. The fourth-order valence-corrected chi connectivity index (χ4v) is 4.14. The van der Waals surface area contributed by atoms with Crippen molar-refractivity contribution in [2.75, 3.05) is 31.5 Å². The van der Waals surface area contributed by atoms with Gasteiger partial charge in [-0.15, -0.1) is 0 Å². The smallest absolute Gasteiger partial charge is 0.304 e. The van der Waals surface area contributed by atoms with E-state index in [1.165, 1.54) is 43.9 Å². The fourth-order valence-electron chi connectivity index (χ4n) is 3.07. The third-order valence-electron chi connectivity index (χ3n) is 4.62. The lowest BCUT2D eigenvalue weighted by Crippen LogP contribution is -2.48. The van der Waals surface area contributed by atoms with Crippen LogP contribution in [0, 0.1) is 5.82 Å². The number of carbonyl (C=O) groups is 1. The number of amides is 1. The Morgan fingerprint density at radius 2 is 1.70 bits per heavy atom. The number of carbonyl (C=O) groups excluding carboxylic acids is 1. The molecule has 8 heteroatoms. The number of para-hydroxylation sites is 1. The highest BCUT2D eigenvalue weighted by Gasteiger charge is 2.31. The van der Waals surface area contributed by atoms with Crippen LogP contribution in [0.1, 0.15) is 11.1 Å². The summed E-state index contributed by atoms with van der Waals surface area (Å²) >= 11 is 0. The van der Waals surface area contributed by atoms with E-state index < -0.39 is 22.6 Å². The van der Waals surface area contributed by atoms with Crippen molar-refractivity contribution in [3.63, 3.8) is 0 Å². The Bertz CT molecular complexity index is 947. The lowest BCUT2D eigenvalue weighted by atomic mass is 10.00. The number of benzene rings is 2. The van der Waals surface area contributed by atoms with E-state index in [9.17, 15) is 17.6 Å². The average Bonchev–Trinajstić information content (AvgIpc) is 2.66. The molecule has 2 aromatic carbocycles. The van der Waals surface area contributed by atoms with Crippen molar-refractivity contribution in [3.05, 3.63) is 65.5 Å². The molecule has 0 radical (unpaired) electrons. The molecule has 0 saturated heterocycles. The Balaban J connectivity index is 1.87. The number of nitrogens with zero attached hydrogens (tertiary/aromatic N) is 3. The van der Waals surface area contributed by atoms with Gasteiger partial charge in [0.25, 0.3) is 0 Å². The van der Waals surface area contributed by atoms with Crippen LogP contribution in [0.5, 0.6) is 0 Å². The topological polar surface area (TPSA) is 60.9 Å². The van der Waals surface area contributed by atoms with Crippen LogP contribution in [-0.2, 0) is 28.0 Å². The normalized spacial score (nSPS) is 14.1. The highest BCUT2D eigenvalue weighted by molar-refractivity contribution is 7.90. The zero-order valence-electron chi connectivity index (χ0n) is 15.3. The molecule has 0 bridgehead atoms. The summed E-state index contributed by atoms with van der Waals surface area (Å²) < 4.78 is 41.5. The molecular weight excluding hydrogens is 369 g/mol. The lowest BCUT2D eigenvalue weighted by Gasteiger charge is -2.32. The first kappa shape index (κ1) is 19.3. The Morgan fingerprint density at radius 1 is 1.07 bits per heavy atom. The maximum absolute atomic E-state index is 14.3. The molecule has 0 spiro atoms. The monoisotopic (exact) mass is 391 g/mol. The molecule has 1 aliphatic rings. The van der Waals surface area contributed by atoms with E-state index in [4.69, 9.17) is 0 Å². The van der Waals surface area contributed by atoms with Gasteiger partial charge in [-0.1, -0.05) is 36.4 Å². The molecule has 0 atom stereocenters. The standard InChI is InChI=1S/C19H22FN3O3S/c1-21(2)27(25,26)23(18-10-6-5-9-17(18)20)14-19(24)22-12-11-15-7-3-4-8-16(15)13-22/h3-10H,11-14H2,1-2H3. The molecule has 1 aliphatic heterocycles. The zero-order valence-corrected chi connectivity index (χ0v) is 16.1. The Kier molecular flexibility index (Phi) is 5.48. The van der Waals surface area contributed by atoms with Crippen molar-refractivity contribution in [1.29, 1.82) is 0 Å². The number of anilines is 1. The summed E-state index contributed by atoms with van der Waals surface area (Å²) in [6.07, 6.45) is 0.710. The number of rotatable bonds is 5. The van der Waals surface area contributed by atoms with Crippen LogP contribution in [-0.4, -0.2) is 50.7 Å². The van der Waals surface area contributed by atoms with Gasteiger partial charge in [-0.3, -0.25) is 4.79 Å². The maximum Gasteiger partial charge on any atom is 0.304 e. The van der Waals surface area contributed by atoms with Gasteiger partial charge < -0.3 is 4.90 Å². The second-order valence-electron chi connectivity index (χ2n) is 6.58. The number of hydrogen-bond acceptors (Lipinski definition) is 3. The third kappa shape index (κ3) is 3.96. The molecule has 0 unspecified atom stereocenters. The van der Waals surface area contributed by atoms with Gasteiger partial charge in [0, 0.05) is 27.2 Å². The van der Waals surface area contributed by atoms with Crippen LogP contribution in [0.25, 0.3) is 0 Å². The minimum Gasteiger partial charge on any atom is -0.336 e. The SMILES string of the molecule is CN(C)S(=O)(=O)N(CC(=O)N1CCc2ccccc2C1)c1ccccc1F. The van der Waals surface area contributed by atoms with Crippen LogP contribution in [0.15, 0.2) is 48.5 Å². The molecule has 0 aromatic heterocycles. The van der Waals surface area contributed by atoms with Crippen molar-refractivity contribution in [2.24, 2.45) is 0 Å². The van der Waals surface area contributed by atoms with Gasteiger partial charge in [0.2, 0.25) is 5.91 Å². The minimum absolute atomic E-state index is 0.142. The van der Waals surface area contributed by atoms with Gasteiger partial charge >= 0.3 is 10.2 Å². The summed E-state index contributed by atoms with van der Waals surface area (Å²) in [5.74, 6) is -1.06. The highest BCUT2D eigenvalue weighted by Crippen LogP contribution is 2.24. The Hall–Kier alpha value is -2.45. The van der Waals surface area contributed by atoms with E-state index in [0.29, 0.717) is 19.5 Å². The van der Waals surface area contributed by atoms with Crippen molar-refractivity contribution in [3.8, 4) is 0 Å². The quantitative estimate of drug-likeness (QED) is 0.784. The maximum atomic E-state index is 14.3. The minimum atomic E-state index is -4.03. The molecule has 0 N–H and O–H groups in total. The fraction of sp³-hybridized carbons (Fsp3) is 0.316. The van der Waals surface area contributed by atoms with Gasteiger partial charge in [0.15, 0.2) is 0 Å². The van der Waals surface area contributed by atoms with Crippen LogP contribution in [0.3, 0.4) is 0 Å². The van der Waals surface area contributed by atoms with Gasteiger partial charge in [0.1, 0.15) is 12.4 Å². The van der Waals surface area contributed by atoms with Crippen molar-refractivity contribution in [2.45, 2.75) is 13.0 Å². The molecule has 1 amide bonds. The molecule has 2 aromatic rings. The van der Waals surface area contributed by atoms with Gasteiger partial charge in [-0.05, 0) is 29.7 Å². The van der Waals surface area contributed by atoms with Gasteiger partial charge in [-0.2, -0.15) is 12.7 Å². The highest BCUT2D eigenvalue weighted by atomic mass is 32.2. The zero-order chi connectivity index (χ0) is 19.6. The lowest BCUT2D eigenvalue weighted by molar-refractivity contribution is -0.130. The average molecular weight is 391 g/mol. The second-order valence-corrected chi connectivity index (χ2v) is 8.65. The van der Waals surface area contributed by atoms with Gasteiger partial charge in [-0.25, -0.2) is 8.70 Å². The van der Waals surface area contributed by atoms with Crippen LogP contribution < -0.4 is 4.31 Å². The van der Waals surface area contributed by atoms with Crippen LogP contribution in [0.2, 0.25) is 0 Å². The predicted molar refractivity (Wildman–Crippen MR) is 102 cm³/mol. The third-order valence-corrected chi connectivity index (χ3v) is 6.43. The molecule has 6 nitrogen and oxygen atoms in total. The predicted octanol–water partition coefficient (Wildman–Crippen LogP) is 2.02. The molecule has 0 aliphatic carbocycles. The van der Waals surface area contributed by atoms with E-state index in [1.54, 1.807) is 4.90 Å². The summed E-state index contributed by atoms with van der Waals surface area (Å²) in [5, 5.41) is 0.